The zero-order valence-corrected chi connectivity index (χ0v) is 10.8. The smallest absolute Gasteiger partial charge is 0.158 e. The predicted molar refractivity (Wildman–Crippen MR) is 70.3 cm³/mol. The second-order valence-electron chi connectivity index (χ2n) is 3.82. The Kier molecular flexibility index (Phi) is 4.62. The third kappa shape index (κ3) is 4.18. The normalized spacial score (nSPS) is 10.6. The van der Waals surface area contributed by atoms with Crippen LogP contribution in [0.15, 0.2) is 18.5 Å². The van der Waals surface area contributed by atoms with Crippen LogP contribution in [0.3, 0.4) is 0 Å². The van der Waals surface area contributed by atoms with E-state index >= 15 is 0 Å². The molecule has 0 unspecified atom stereocenters. The molecule has 3 N–H and O–H groups in total. The summed E-state index contributed by atoms with van der Waals surface area (Å²) in [5.41, 5.74) is 5.72. The maximum Gasteiger partial charge on any atom is 0.158 e. The summed E-state index contributed by atoms with van der Waals surface area (Å²) in [4.78, 5) is 8.42. The summed E-state index contributed by atoms with van der Waals surface area (Å²) < 4.78 is 7.00. The van der Waals surface area contributed by atoms with E-state index in [9.17, 15) is 0 Å². The van der Waals surface area contributed by atoms with Crippen LogP contribution in [-0.2, 0) is 17.9 Å². The summed E-state index contributed by atoms with van der Waals surface area (Å²) in [7, 11) is 0. The number of anilines is 2. The Bertz CT molecular complexity index is 500. The number of nitrogens with zero attached hydrogens (tertiary/aromatic N) is 5. The van der Waals surface area contributed by atoms with Crippen molar-refractivity contribution < 1.29 is 4.74 Å². The molecule has 0 atom stereocenters. The number of nitrogens with two attached hydrogens (primary N) is 1. The van der Waals surface area contributed by atoms with Gasteiger partial charge in [0.2, 0.25) is 0 Å². The van der Waals surface area contributed by atoms with Crippen LogP contribution >= 0.6 is 0 Å². The van der Waals surface area contributed by atoms with Crippen LogP contribution in [0.2, 0.25) is 0 Å². The van der Waals surface area contributed by atoms with Crippen molar-refractivity contribution in [2.75, 3.05) is 24.2 Å². The Hall–Kier alpha value is -2.22. The molecule has 0 radical (unpaired) electrons. The van der Waals surface area contributed by atoms with Crippen molar-refractivity contribution in [2.45, 2.75) is 20.1 Å². The molecule has 0 amide bonds. The maximum atomic E-state index is 5.72. The summed E-state index contributed by atoms with van der Waals surface area (Å²) in [5, 5.41) is 10.8. The fourth-order valence-electron chi connectivity index (χ4n) is 1.52. The lowest BCUT2D eigenvalue weighted by Crippen LogP contribution is -2.13. The van der Waals surface area contributed by atoms with E-state index in [-0.39, 0.29) is 0 Å². The quantitative estimate of drug-likeness (QED) is 0.740. The molecule has 2 aromatic rings. The molecule has 19 heavy (non-hydrogen) atoms. The van der Waals surface area contributed by atoms with Crippen LogP contribution in [0.25, 0.3) is 0 Å². The molecule has 0 aliphatic heterocycles. The van der Waals surface area contributed by atoms with E-state index < -0.39 is 0 Å². The number of rotatable bonds is 7. The molecule has 0 spiro atoms. The van der Waals surface area contributed by atoms with E-state index in [2.05, 4.69) is 25.6 Å². The lowest BCUT2D eigenvalue weighted by Gasteiger charge is -2.08. The van der Waals surface area contributed by atoms with Crippen molar-refractivity contribution in [1.82, 2.24) is 25.0 Å². The lowest BCUT2D eigenvalue weighted by molar-refractivity contribution is 0.128. The van der Waals surface area contributed by atoms with Crippen LogP contribution in [0, 0.1) is 0 Å². The first-order valence-electron chi connectivity index (χ1n) is 6.07. The van der Waals surface area contributed by atoms with Gasteiger partial charge in [-0.25, -0.2) is 9.97 Å². The van der Waals surface area contributed by atoms with Crippen LogP contribution < -0.4 is 11.1 Å². The largest absolute Gasteiger partial charge is 0.384 e. The van der Waals surface area contributed by atoms with Crippen molar-refractivity contribution in [3.63, 3.8) is 0 Å². The highest BCUT2D eigenvalue weighted by Gasteiger charge is 2.02. The van der Waals surface area contributed by atoms with Gasteiger partial charge in [0, 0.05) is 25.4 Å². The van der Waals surface area contributed by atoms with E-state index in [1.165, 1.54) is 0 Å². The lowest BCUT2D eigenvalue weighted by atomic mass is 10.4. The molecule has 0 bridgehead atoms. The van der Waals surface area contributed by atoms with Crippen molar-refractivity contribution in [3.05, 3.63) is 24.3 Å². The summed E-state index contributed by atoms with van der Waals surface area (Å²) >= 11 is 0. The fraction of sp³-hybridized carbons (Fsp3) is 0.455. The fourth-order valence-corrected chi connectivity index (χ4v) is 1.52. The Morgan fingerprint density at radius 1 is 1.42 bits per heavy atom. The van der Waals surface area contributed by atoms with Gasteiger partial charge in [0.15, 0.2) is 5.82 Å². The molecule has 8 heteroatoms. The number of ether oxygens (including phenoxy) is 1. The average Bonchev–Trinajstić information content (AvgIpc) is 2.89. The molecule has 0 aromatic carbocycles. The maximum absolute atomic E-state index is 5.72. The van der Waals surface area contributed by atoms with Crippen molar-refractivity contribution in [3.8, 4) is 0 Å². The highest BCUT2D eigenvalue weighted by atomic mass is 16.5. The monoisotopic (exact) mass is 263 g/mol. The van der Waals surface area contributed by atoms with Gasteiger partial charge in [-0.05, 0) is 6.92 Å². The standard InChI is InChI=1S/C11H17N7O/c1-2-19-8-11-15-9(12)7-10(16-11)13-3-5-18-6-4-14-17-18/h4,6-7H,2-3,5,8H2,1H3,(H3,12,13,15,16). The van der Waals surface area contributed by atoms with Crippen LogP contribution in [0.5, 0.6) is 0 Å². The van der Waals surface area contributed by atoms with Gasteiger partial charge in [-0.3, -0.25) is 4.68 Å². The number of nitrogens with one attached hydrogen (secondary N) is 1. The molecule has 8 nitrogen and oxygen atoms in total. The number of hydrogen-bond donors (Lipinski definition) is 2. The molecule has 0 aliphatic rings. The molecular formula is C11H17N7O. The van der Waals surface area contributed by atoms with Crippen LogP contribution in [0.1, 0.15) is 12.7 Å². The van der Waals surface area contributed by atoms with Crippen molar-refractivity contribution >= 4 is 11.6 Å². The first-order valence-corrected chi connectivity index (χ1v) is 6.07. The van der Waals surface area contributed by atoms with Gasteiger partial charge in [-0.2, -0.15) is 0 Å². The number of hydrogen-bond acceptors (Lipinski definition) is 7. The number of nitrogen functional groups attached to an aromatic ring is 1. The van der Waals surface area contributed by atoms with Crippen molar-refractivity contribution in [2.24, 2.45) is 0 Å². The third-order valence-electron chi connectivity index (χ3n) is 2.35. The number of aromatic nitrogens is 5. The molecule has 0 aliphatic carbocycles. The van der Waals surface area contributed by atoms with E-state index in [1.54, 1.807) is 23.1 Å². The Labute approximate surface area is 111 Å². The van der Waals surface area contributed by atoms with E-state index in [1.807, 2.05) is 6.92 Å². The first-order chi connectivity index (χ1) is 9.28. The molecule has 2 heterocycles. The average molecular weight is 263 g/mol. The van der Waals surface area contributed by atoms with Gasteiger partial charge in [0.05, 0.1) is 12.7 Å². The third-order valence-corrected chi connectivity index (χ3v) is 2.35. The molecule has 0 saturated heterocycles. The first kappa shape index (κ1) is 13.2. The van der Waals surface area contributed by atoms with Gasteiger partial charge >= 0.3 is 0 Å². The molecule has 0 fully saturated rings. The summed E-state index contributed by atoms with van der Waals surface area (Å²) in [6, 6.07) is 1.69. The minimum atomic E-state index is 0.360. The SMILES string of the molecule is CCOCc1nc(N)cc(NCCn2ccnn2)n1. The second-order valence-corrected chi connectivity index (χ2v) is 3.82. The summed E-state index contributed by atoms with van der Waals surface area (Å²) in [6.45, 7) is 4.27. The van der Waals surface area contributed by atoms with E-state index in [0.29, 0.717) is 43.8 Å². The zero-order valence-electron chi connectivity index (χ0n) is 10.8. The van der Waals surface area contributed by atoms with Gasteiger partial charge in [0.1, 0.15) is 18.2 Å². The molecule has 2 aromatic heterocycles. The van der Waals surface area contributed by atoms with Crippen molar-refractivity contribution in [1.29, 1.82) is 0 Å². The molecule has 0 saturated carbocycles. The Morgan fingerprint density at radius 2 is 2.32 bits per heavy atom. The Morgan fingerprint density at radius 3 is 3.05 bits per heavy atom. The highest BCUT2D eigenvalue weighted by Crippen LogP contribution is 2.08. The Balaban J connectivity index is 1.90. The molecule has 2 rings (SSSR count). The minimum absolute atomic E-state index is 0.360. The van der Waals surface area contributed by atoms with E-state index in [0.717, 1.165) is 0 Å². The topological polar surface area (TPSA) is 104 Å². The zero-order chi connectivity index (χ0) is 13.5. The summed E-state index contributed by atoms with van der Waals surface area (Å²) in [5.74, 6) is 1.68. The minimum Gasteiger partial charge on any atom is -0.384 e. The summed E-state index contributed by atoms with van der Waals surface area (Å²) in [6.07, 6.45) is 3.44. The second kappa shape index (κ2) is 6.64. The van der Waals surface area contributed by atoms with Gasteiger partial charge in [-0.15, -0.1) is 5.10 Å². The van der Waals surface area contributed by atoms with Gasteiger partial charge in [0.25, 0.3) is 0 Å². The predicted octanol–water partition coefficient (Wildman–Crippen LogP) is 0.299. The van der Waals surface area contributed by atoms with Crippen LogP contribution in [-0.4, -0.2) is 38.1 Å². The van der Waals surface area contributed by atoms with Gasteiger partial charge < -0.3 is 15.8 Å². The van der Waals surface area contributed by atoms with Crippen LogP contribution in [0.4, 0.5) is 11.6 Å². The molecular weight excluding hydrogens is 246 g/mol. The highest BCUT2D eigenvalue weighted by molar-refractivity contribution is 5.44. The van der Waals surface area contributed by atoms with E-state index in [4.69, 9.17) is 10.5 Å². The van der Waals surface area contributed by atoms with Gasteiger partial charge in [-0.1, -0.05) is 5.21 Å². The molecule has 102 valence electrons.